The Morgan fingerprint density at radius 3 is 2.59 bits per heavy atom. The summed E-state index contributed by atoms with van der Waals surface area (Å²) in [5.41, 5.74) is 2.88. The number of carbonyl (C=O) groups is 1. The van der Waals surface area contributed by atoms with E-state index in [1.807, 2.05) is 30.3 Å². The van der Waals surface area contributed by atoms with Crippen LogP contribution in [0.4, 0.5) is 10.1 Å². The zero-order chi connectivity index (χ0) is 18.6. The van der Waals surface area contributed by atoms with Crippen molar-refractivity contribution in [2.45, 2.75) is 0 Å². The molecule has 0 atom stereocenters. The van der Waals surface area contributed by atoms with Crippen LogP contribution in [-0.2, 0) is 4.79 Å². The lowest BCUT2D eigenvalue weighted by Gasteiger charge is -2.01. The first-order chi connectivity index (χ1) is 13.2. The van der Waals surface area contributed by atoms with E-state index < -0.39 is 5.82 Å². The first-order valence-corrected chi connectivity index (χ1v) is 8.39. The van der Waals surface area contributed by atoms with Gasteiger partial charge in [0.1, 0.15) is 11.3 Å². The van der Waals surface area contributed by atoms with Gasteiger partial charge < -0.3 is 9.73 Å². The van der Waals surface area contributed by atoms with Crippen molar-refractivity contribution in [2.24, 2.45) is 0 Å². The molecule has 1 heterocycles. The number of oxazole rings is 1. The van der Waals surface area contributed by atoms with Crippen molar-refractivity contribution in [2.75, 3.05) is 5.32 Å². The van der Waals surface area contributed by atoms with E-state index in [4.69, 9.17) is 4.42 Å². The lowest BCUT2D eigenvalue weighted by atomic mass is 10.2. The number of aromatic nitrogens is 1. The van der Waals surface area contributed by atoms with Gasteiger partial charge in [-0.05, 0) is 42.0 Å². The highest BCUT2D eigenvalue weighted by Gasteiger charge is 2.12. The molecule has 1 amide bonds. The van der Waals surface area contributed by atoms with E-state index in [0.717, 1.165) is 5.56 Å². The lowest BCUT2D eigenvalue weighted by molar-refractivity contribution is -0.111. The Morgan fingerprint density at radius 2 is 1.78 bits per heavy atom. The topological polar surface area (TPSA) is 55.1 Å². The minimum atomic E-state index is -0.399. The van der Waals surface area contributed by atoms with E-state index in [2.05, 4.69) is 10.3 Å². The van der Waals surface area contributed by atoms with Gasteiger partial charge in [-0.25, -0.2) is 9.37 Å². The Morgan fingerprint density at radius 1 is 1.00 bits per heavy atom. The Balaban J connectivity index is 1.54. The molecule has 0 aliphatic heterocycles. The normalized spacial score (nSPS) is 11.1. The fraction of sp³-hybridized carbons (Fsp3) is 0. The highest BCUT2D eigenvalue weighted by atomic mass is 19.1. The van der Waals surface area contributed by atoms with Gasteiger partial charge in [0, 0.05) is 11.8 Å². The van der Waals surface area contributed by atoms with E-state index in [9.17, 15) is 9.18 Å². The molecule has 0 radical (unpaired) electrons. The maximum absolute atomic E-state index is 13.9. The van der Waals surface area contributed by atoms with Crippen LogP contribution >= 0.6 is 0 Å². The van der Waals surface area contributed by atoms with Crippen molar-refractivity contribution in [1.29, 1.82) is 0 Å². The van der Waals surface area contributed by atoms with Crippen molar-refractivity contribution in [1.82, 2.24) is 4.98 Å². The number of nitrogens with one attached hydrogen (secondary N) is 1. The van der Waals surface area contributed by atoms with Gasteiger partial charge >= 0.3 is 0 Å². The molecule has 0 aliphatic rings. The van der Waals surface area contributed by atoms with Crippen LogP contribution in [0.3, 0.4) is 0 Å². The number of nitrogens with zero attached hydrogens (tertiary/aromatic N) is 1. The number of fused-ring (bicyclic) bond motifs is 1. The number of amides is 1. The lowest BCUT2D eigenvalue weighted by Crippen LogP contribution is -2.07. The highest BCUT2D eigenvalue weighted by molar-refractivity contribution is 6.02. The average Bonchev–Trinajstić information content (AvgIpc) is 3.10. The maximum atomic E-state index is 13.9. The van der Waals surface area contributed by atoms with E-state index in [1.165, 1.54) is 12.1 Å². The zero-order valence-electron chi connectivity index (χ0n) is 14.2. The van der Waals surface area contributed by atoms with E-state index in [-0.39, 0.29) is 11.8 Å². The summed E-state index contributed by atoms with van der Waals surface area (Å²) >= 11 is 0. The molecule has 3 aromatic carbocycles. The summed E-state index contributed by atoms with van der Waals surface area (Å²) in [6.07, 6.45) is 3.20. The molecule has 0 unspecified atom stereocenters. The van der Waals surface area contributed by atoms with Crippen LogP contribution in [-0.4, -0.2) is 10.9 Å². The largest absolute Gasteiger partial charge is 0.436 e. The van der Waals surface area contributed by atoms with Crippen LogP contribution < -0.4 is 5.32 Å². The second-order valence-corrected chi connectivity index (χ2v) is 5.91. The van der Waals surface area contributed by atoms with Gasteiger partial charge in [-0.3, -0.25) is 4.79 Å². The molecular weight excluding hydrogens is 343 g/mol. The number of carbonyl (C=O) groups excluding carboxylic acids is 1. The summed E-state index contributed by atoms with van der Waals surface area (Å²) < 4.78 is 19.5. The minimum absolute atomic E-state index is 0.204. The first kappa shape index (κ1) is 16.7. The number of benzene rings is 3. The molecule has 0 saturated carbocycles. The smallest absolute Gasteiger partial charge is 0.248 e. The molecule has 0 bridgehead atoms. The van der Waals surface area contributed by atoms with E-state index in [1.54, 1.807) is 42.5 Å². The van der Waals surface area contributed by atoms with Crippen molar-refractivity contribution >= 4 is 28.8 Å². The predicted molar refractivity (Wildman–Crippen MR) is 104 cm³/mol. The Bertz CT molecular complexity index is 1130. The van der Waals surface area contributed by atoms with Gasteiger partial charge in [0.25, 0.3) is 0 Å². The molecule has 0 saturated heterocycles. The van der Waals surface area contributed by atoms with Crippen LogP contribution in [0.15, 0.2) is 83.3 Å². The Labute approximate surface area is 155 Å². The third kappa shape index (κ3) is 3.77. The summed E-state index contributed by atoms with van der Waals surface area (Å²) in [5, 5.41) is 2.78. The molecular formula is C22H15FN2O2. The summed E-state index contributed by atoms with van der Waals surface area (Å²) in [7, 11) is 0. The molecule has 1 N–H and O–H groups in total. The van der Waals surface area contributed by atoms with Gasteiger partial charge in [-0.1, -0.05) is 42.5 Å². The summed E-state index contributed by atoms with van der Waals surface area (Å²) in [6.45, 7) is 0. The zero-order valence-corrected chi connectivity index (χ0v) is 14.2. The van der Waals surface area contributed by atoms with Crippen molar-refractivity contribution in [3.63, 3.8) is 0 Å². The predicted octanol–water partition coefficient (Wildman–Crippen LogP) is 5.29. The number of halogens is 1. The van der Waals surface area contributed by atoms with Crippen molar-refractivity contribution < 1.29 is 13.6 Å². The van der Waals surface area contributed by atoms with Crippen LogP contribution in [0.2, 0.25) is 0 Å². The van der Waals surface area contributed by atoms with Crippen LogP contribution in [0.1, 0.15) is 5.56 Å². The average molecular weight is 358 g/mol. The van der Waals surface area contributed by atoms with Gasteiger partial charge in [-0.15, -0.1) is 0 Å². The first-order valence-electron chi connectivity index (χ1n) is 8.39. The maximum Gasteiger partial charge on any atom is 0.248 e. The van der Waals surface area contributed by atoms with Crippen LogP contribution in [0.25, 0.3) is 28.6 Å². The molecule has 27 heavy (non-hydrogen) atoms. The molecule has 0 fully saturated rings. The van der Waals surface area contributed by atoms with Gasteiger partial charge in [0.15, 0.2) is 5.58 Å². The Hall–Kier alpha value is -3.73. The fourth-order valence-electron chi connectivity index (χ4n) is 2.68. The monoisotopic (exact) mass is 358 g/mol. The number of hydrogen-bond donors (Lipinski definition) is 1. The minimum Gasteiger partial charge on any atom is -0.436 e. The molecule has 4 rings (SSSR count). The van der Waals surface area contributed by atoms with E-state index in [0.29, 0.717) is 22.4 Å². The third-order valence-corrected chi connectivity index (χ3v) is 3.99. The second-order valence-electron chi connectivity index (χ2n) is 5.91. The van der Waals surface area contributed by atoms with Crippen LogP contribution in [0.5, 0.6) is 0 Å². The van der Waals surface area contributed by atoms with Gasteiger partial charge in [-0.2, -0.15) is 0 Å². The molecule has 0 aliphatic carbocycles. The molecule has 4 nitrogen and oxygen atoms in total. The SMILES string of the molecule is O=C(C=Cc1ccccc1)Nc1ccc2oc(-c3ccccc3F)nc2c1. The van der Waals surface area contributed by atoms with Gasteiger partial charge in [0.05, 0.1) is 5.56 Å². The van der Waals surface area contributed by atoms with Crippen LogP contribution in [0, 0.1) is 5.82 Å². The molecule has 5 heteroatoms. The quantitative estimate of drug-likeness (QED) is 0.505. The van der Waals surface area contributed by atoms with E-state index >= 15 is 0 Å². The molecule has 0 spiro atoms. The summed E-state index contributed by atoms with van der Waals surface area (Å²) in [4.78, 5) is 16.4. The third-order valence-electron chi connectivity index (χ3n) is 3.99. The number of rotatable bonds is 4. The Kier molecular flexibility index (Phi) is 4.49. The summed E-state index contributed by atoms with van der Waals surface area (Å²) in [6, 6.07) is 21.0. The standard InChI is InChI=1S/C22H15FN2O2/c23-18-9-5-4-8-17(18)22-25-19-14-16(11-12-20(19)27-22)24-21(26)13-10-15-6-2-1-3-7-15/h1-14H,(H,24,26). The second kappa shape index (κ2) is 7.25. The fourth-order valence-corrected chi connectivity index (χ4v) is 2.68. The number of hydrogen-bond acceptors (Lipinski definition) is 3. The molecule has 1 aromatic heterocycles. The molecule has 132 valence electrons. The van der Waals surface area contributed by atoms with Gasteiger partial charge in [0.2, 0.25) is 11.8 Å². The van der Waals surface area contributed by atoms with Crippen molar-refractivity contribution in [3.8, 4) is 11.5 Å². The van der Waals surface area contributed by atoms with Crippen molar-refractivity contribution in [3.05, 3.63) is 90.3 Å². The summed E-state index contributed by atoms with van der Waals surface area (Å²) in [5.74, 6) is -0.449. The number of anilines is 1. The highest BCUT2D eigenvalue weighted by Crippen LogP contribution is 2.27. The molecule has 4 aromatic rings.